The molecule has 0 amide bonds. The zero-order valence-corrected chi connectivity index (χ0v) is 7.39. The summed E-state index contributed by atoms with van der Waals surface area (Å²) < 4.78 is 13.4. The van der Waals surface area contributed by atoms with Gasteiger partial charge in [-0.1, -0.05) is 6.08 Å². The maximum absolute atomic E-state index is 13.4. The lowest BCUT2D eigenvalue weighted by Gasteiger charge is -2.04. The lowest BCUT2D eigenvalue weighted by molar-refractivity contribution is 0.624. The molecule has 2 rings (SSSR count). The first-order valence-electron chi connectivity index (χ1n) is 4.52. The van der Waals surface area contributed by atoms with E-state index in [1.54, 1.807) is 12.1 Å². The summed E-state index contributed by atoms with van der Waals surface area (Å²) in [6.07, 6.45) is 5.30. The Morgan fingerprint density at radius 2 is 2.15 bits per heavy atom. The van der Waals surface area contributed by atoms with Crippen molar-refractivity contribution in [3.8, 4) is 0 Å². The van der Waals surface area contributed by atoms with Crippen LogP contribution in [0.5, 0.6) is 0 Å². The average molecular weight is 177 g/mol. The van der Waals surface area contributed by atoms with Crippen LogP contribution >= 0.6 is 0 Å². The van der Waals surface area contributed by atoms with Crippen molar-refractivity contribution in [2.45, 2.75) is 19.3 Å². The Kier molecular flexibility index (Phi) is 2.05. The number of halogens is 1. The van der Waals surface area contributed by atoms with Gasteiger partial charge in [-0.2, -0.15) is 0 Å². The highest BCUT2D eigenvalue weighted by atomic mass is 19.1. The maximum Gasteiger partial charge on any atom is 0.132 e. The molecule has 0 bridgehead atoms. The Hall–Kier alpha value is -1.31. The van der Waals surface area contributed by atoms with E-state index in [-0.39, 0.29) is 5.82 Å². The molecule has 0 spiro atoms. The highest BCUT2D eigenvalue weighted by Crippen LogP contribution is 2.29. The number of benzene rings is 1. The van der Waals surface area contributed by atoms with Crippen LogP contribution in [0.3, 0.4) is 0 Å². The van der Waals surface area contributed by atoms with Crippen LogP contribution in [-0.2, 0) is 0 Å². The Balaban J connectivity index is 2.40. The molecule has 0 atom stereocenters. The van der Waals surface area contributed by atoms with Gasteiger partial charge in [0.1, 0.15) is 5.82 Å². The Morgan fingerprint density at radius 3 is 2.77 bits per heavy atom. The monoisotopic (exact) mass is 177 g/mol. The predicted octanol–water partition coefficient (Wildman–Crippen LogP) is 2.98. The summed E-state index contributed by atoms with van der Waals surface area (Å²) in [5, 5.41) is 0. The molecule has 1 aliphatic rings. The first-order valence-corrected chi connectivity index (χ1v) is 4.52. The standard InChI is InChI=1S/C11H12FN/c12-11-7-9(13)5-6-10(11)8-3-1-2-4-8/h3,5-7H,1-2,4,13H2. The van der Waals surface area contributed by atoms with Crippen LogP contribution in [0.1, 0.15) is 24.8 Å². The number of nitrogens with two attached hydrogens (primary N) is 1. The van der Waals surface area contributed by atoms with Crippen LogP contribution in [-0.4, -0.2) is 0 Å². The molecule has 0 unspecified atom stereocenters. The quantitative estimate of drug-likeness (QED) is 0.656. The van der Waals surface area contributed by atoms with Gasteiger partial charge in [0.15, 0.2) is 0 Å². The Labute approximate surface area is 77.1 Å². The lowest BCUT2D eigenvalue weighted by Crippen LogP contribution is -1.91. The number of hydrogen-bond donors (Lipinski definition) is 1. The lowest BCUT2D eigenvalue weighted by atomic mass is 10.0. The van der Waals surface area contributed by atoms with Crippen molar-refractivity contribution in [2.24, 2.45) is 0 Å². The van der Waals surface area contributed by atoms with Crippen LogP contribution < -0.4 is 5.73 Å². The van der Waals surface area contributed by atoms with Gasteiger partial charge in [-0.15, -0.1) is 0 Å². The van der Waals surface area contributed by atoms with E-state index < -0.39 is 0 Å². The van der Waals surface area contributed by atoms with Crippen molar-refractivity contribution in [3.05, 3.63) is 35.7 Å². The van der Waals surface area contributed by atoms with Crippen LogP contribution in [0.2, 0.25) is 0 Å². The second kappa shape index (κ2) is 3.21. The molecule has 2 heteroatoms. The van der Waals surface area contributed by atoms with Gasteiger partial charge in [-0.3, -0.25) is 0 Å². The third-order valence-electron chi connectivity index (χ3n) is 2.38. The summed E-state index contributed by atoms with van der Waals surface area (Å²) >= 11 is 0. The number of rotatable bonds is 1. The predicted molar refractivity (Wildman–Crippen MR) is 52.6 cm³/mol. The molecule has 1 nitrogen and oxygen atoms in total. The van der Waals surface area contributed by atoms with E-state index in [2.05, 4.69) is 6.08 Å². The minimum atomic E-state index is -0.201. The van der Waals surface area contributed by atoms with E-state index >= 15 is 0 Å². The Bertz CT molecular complexity index is 355. The molecule has 0 fully saturated rings. The van der Waals surface area contributed by atoms with Gasteiger partial charge in [0.05, 0.1) is 0 Å². The highest BCUT2D eigenvalue weighted by molar-refractivity contribution is 5.68. The summed E-state index contributed by atoms with van der Waals surface area (Å²) in [6.45, 7) is 0. The van der Waals surface area contributed by atoms with Crippen molar-refractivity contribution in [1.82, 2.24) is 0 Å². The first kappa shape index (κ1) is 8.30. The highest BCUT2D eigenvalue weighted by Gasteiger charge is 2.11. The number of nitrogen functional groups attached to an aromatic ring is 1. The molecule has 0 aliphatic heterocycles. The van der Waals surface area contributed by atoms with Crippen molar-refractivity contribution in [3.63, 3.8) is 0 Å². The first-order chi connectivity index (χ1) is 6.27. The molecule has 1 aliphatic carbocycles. The number of hydrogen-bond acceptors (Lipinski definition) is 1. The minimum Gasteiger partial charge on any atom is -0.399 e. The zero-order valence-electron chi connectivity index (χ0n) is 7.39. The van der Waals surface area contributed by atoms with Crippen LogP contribution in [0, 0.1) is 5.82 Å². The summed E-state index contributed by atoms with van der Waals surface area (Å²) in [6, 6.07) is 4.90. The number of anilines is 1. The van der Waals surface area contributed by atoms with Crippen molar-refractivity contribution < 1.29 is 4.39 Å². The molecule has 0 aromatic heterocycles. The fourth-order valence-electron chi connectivity index (χ4n) is 1.71. The van der Waals surface area contributed by atoms with Crippen molar-refractivity contribution in [2.75, 3.05) is 5.73 Å². The van der Waals surface area contributed by atoms with E-state index in [0.717, 1.165) is 24.8 Å². The molecule has 0 heterocycles. The molecule has 1 aromatic rings. The van der Waals surface area contributed by atoms with E-state index in [1.165, 1.54) is 6.07 Å². The fourth-order valence-corrected chi connectivity index (χ4v) is 1.71. The van der Waals surface area contributed by atoms with Gasteiger partial charge in [0.2, 0.25) is 0 Å². The Morgan fingerprint density at radius 1 is 1.31 bits per heavy atom. The zero-order chi connectivity index (χ0) is 9.26. The third-order valence-corrected chi connectivity index (χ3v) is 2.38. The van der Waals surface area contributed by atoms with E-state index in [9.17, 15) is 4.39 Å². The summed E-state index contributed by atoms with van der Waals surface area (Å²) in [7, 11) is 0. The topological polar surface area (TPSA) is 26.0 Å². The molecule has 2 N–H and O–H groups in total. The van der Waals surface area contributed by atoms with Crippen molar-refractivity contribution >= 4 is 11.3 Å². The van der Waals surface area contributed by atoms with Gasteiger partial charge in [0.25, 0.3) is 0 Å². The molecule has 0 saturated heterocycles. The normalized spacial score (nSPS) is 15.9. The van der Waals surface area contributed by atoms with E-state index in [4.69, 9.17) is 5.73 Å². The molecule has 68 valence electrons. The molecule has 13 heavy (non-hydrogen) atoms. The van der Waals surface area contributed by atoms with Gasteiger partial charge in [0, 0.05) is 11.3 Å². The third kappa shape index (κ3) is 1.57. The summed E-state index contributed by atoms with van der Waals surface area (Å²) in [5.74, 6) is -0.201. The number of allylic oxidation sites excluding steroid dienone is 2. The largest absolute Gasteiger partial charge is 0.399 e. The van der Waals surface area contributed by atoms with Gasteiger partial charge in [-0.25, -0.2) is 4.39 Å². The van der Waals surface area contributed by atoms with E-state index in [1.807, 2.05) is 0 Å². The second-order valence-electron chi connectivity index (χ2n) is 3.36. The van der Waals surface area contributed by atoms with Gasteiger partial charge < -0.3 is 5.73 Å². The smallest absolute Gasteiger partial charge is 0.132 e. The van der Waals surface area contributed by atoms with E-state index in [0.29, 0.717) is 11.3 Å². The van der Waals surface area contributed by atoms with Crippen LogP contribution in [0.4, 0.5) is 10.1 Å². The van der Waals surface area contributed by atoms with Gasteiger partial charge >= 0.3 is 0 Å². The second-order valence-corrected chi connectivity index (χ2v) is 3.36. The van der Waals surface area contributed by atoms with Crippen LogP contribution in [0.15, 0.2) is 24.3 Å². The van der Waals surface area contributed by atoms with Crippen molar-refractivity contribution in [1.29, 1.82) is 0 Å². The molecular weight excluding hydrogens is 165 g/mol. The summed E-state index contributed by atoms with van der Waals surface area (Å²) in [4.78, 5) is 0. The fraction of sp³-hybridized carbons (Fsp3) is 0.273. The molecular formula is C11H12FN. The van der Waals surface area contributed by atoms with Gasteiger partial charge in [-0.05, 0) is 43.0 Å². The molecule has 0 radical (unpaired) electrons. The maximum atomic E-state index is 13.4. The molecule has 0 saturated carbocycles. The SMILES string of the molecule is Nc1ccc(C2=CCCC2)c(F)c1. The summed E-state index contributed by atoms with van der Waals surface area (Å²) in [5.41, 5.74) is 7.79. The van der Waals surface area contributed by atoms with Crippen LogP contribution in [0.25, 0.3) is 5.57 Å². The molecule has 1 aromatic carbocycles. The minimum absolute atomic E-state index is 0.201. The average Bonchev–Trinajstić information content (AvgIpc) is 2.56.